The van der Waals surface area contributed by atoms with Crippen molar-refractivity contribution < 1.29 is 18.8 Å². The number of hydrogen-bond donors (Lipinski definition) is 2. The van der Waals surface area contributed by atoms with Crippen LogP contribution in [0.5, 0.6) is 0 Å². The number of benzene rings is 2. The second-order valence-corrected chi connectivity index (χ2v) is 8.53. The van der Waals surface area contributed by atoms with Gasteiger partial charge in [-0.25, -0.2) is 0 Å². The first-order valence-electron chi connectivity index (χ1n) is 10.5. The van der Waals surface area contributed by atoms with E-state index in [1.807, 2.05) is 31.2 Å². The minimum atomic E-state index is -0.628. The molecule has 33 heavy (non-hydrogen) atoms. The lowest BCUT2D eigenvalue weighted by Gasteiger charge is -2.29. The predicted molar refractivity (Wildman–Crippen MR) is 119 cm³/mol. The molecule has 10 heteroatoms. The number of anilines is 1. The molecule has 168 valence electrons. The maximum absolute atomic E-state index is 12.8. The van der Waals surface area contributed by atoms with E-state index in [0.717, 1.165) is 22.3 Å². The second kappa shape index (κ2) is 8.32. The minimum Gasteiger partial charge on any atom is -0.403 e. The molecule has 1 fully saturated rings. The maximum atomic E-state index is 12.8. The van der Waals surface area contributed by atoms with Crippen LogP contribution in [-0.2, 0) is 22.7 Å². The molecular weight excluding hydrogens is 446 g/mol. The molecule has 1 unspecified atom stereocenters. The summed E-state index contributed by atoms with van der Waals surface area (Å²) in [6.45, 7) is 2.66. The van der Waals surface area contributed by atoms with Crippen LogP contribution in [0.15, 0.2) is 40.8 Å². The summed E-state index contributed by atoms with van der Waals surface area (Å²) in [7, 11) is 0. The number of amides is 3. The van der Waals surface area contributed by atoms with Gasteiger partial charge >= 0.3 is 6.01 Å². The van der Waals surface area contributed by atoms with Crippen LogP contribution in [0.3, 0.4) is 0 Å². The van der Waals surface area contributed by atoms with Gasteiger partial charge in [-0.2, -0.15) is 0 Å². The number of imide groups is 1. The van der Waals surface area contributed by atoms with Crippen LogP contribution in [0.2, 0.25) is 5.02 Å². The van der Waals surface area contributed by atoms with Crippen molar-refractivity contribution in [1.29, 1.82) is 0 Å². The number of aromatic nitrogens is 2. The molecule has 0 aliphatic carbocycles. The first-order valence-corrected chi connectivity index (χ1v) is 10.9. The van der Waals surface area contributed by atoms with Gasteiger partial charge in [-0.15, -0.1) is 5.10 Å². The Labute approximate surface area is 194 Å². The van der Waals surface area contributed by atoms with E-state index >= 15 is 0 Å². The predicted octanol–water partition coefficient (Wildman–Crippen LogP) is 3.07. The Bertz CT molecular complexity index is 1290. The fourth-order valence-corrected chi connectivity index (χ4v) is 4.23. The van der Waals surface area contributed by atoms with Crippen molar-refractivity contribution in [3.05, 3.63) is 63.7 Å². The van der Waals surface area contributed by atoms with E-state index in [-0.39, 0.29) is 24.2 Å². The van der Waals surface area contributed by atoms with Gasteiger partial charge in [-0.05, 0) is 48.2 Å². The highest BCUT2D eigenvalue weighted by Gasteiger charge is 2.39. The highest BCUT2D eigenvalue weighted by molar-refractivity contribution is 6.31. The molecule has 0 bridgehead atoms. The number of aryl methyl sites for hydroxylation is 1. The molecule has 5 rings (SSSR count). The van der Waals surface area contributed by atoms with Crippen molar-refractivity contribution in [2.75, 3.05) is 5.32 Å². The molecule has 3 aromatic rings. The van der Waals surface area contributed by atoms with Crippen LogP contribution in [0, 0.1) is 6.92 Å². The summed E-state index contributed by atoms with van der Waals surface area (Å²) < 4.78 is 5.69. The number of rotatable bonds is 5. The van der Waals surface area contributed by atoms with Gasteiger partial charge < -0.3 is 14.6 Å². The molecule has 3 amide bonds. The molecule has 2 aliphatic rings. The van der Waals surface area contributed by atoms with Gasteiger partial charge in [0.1, 0.15) is 6.04 Å². The smallest absolute Gasteiger partial charge is 0.316 e. The van der Waals surface area contributed by atoms with E-state index in [2.05, 4.69) is 20.8 Å². The normalized spacial score (nSPS) is 17.8. The van der Waals surface area contributed by atoms with E-state index < -0.39 is 11.9 Å². The lowest BCUT2D eigenvalue weighted by atomic mass is 10.0. The number of carbonyl (C=O) groups is 3. The Morgan fingerprint density at radius 2 is 2.03 bits per heavy atom. The van der Waals surface area contributed by atoms with Crippen LogP contribution in [0.1, 0.15) is 39.9 Å². The average molecular weight is 466 g/mol. The summed E-state index contributed by atoms with van der Waals surface area (Å²) >= 11 is 6.17. The number of nitrogens with one attached hydrogen (secondary N) is 2. The van der Waals surface area contributed by atoms with Gasteiger partial charge in [-0.1, -0.05) is 34.9 Å². The van der Waals surface area contributed by atoms with Crippen molar-refractivity contribution in [1.82, 2.24) is 20.4 Å². The molecule has 2 aliphatic heterocycles. The highest BCUT2D eigenvalue weighted by Crippen LogP contribution is 2.29. The fourth-order valence-electron chi connectivity index (χ4n) is 4.05. The van der Waals surface area contributed by atoms with Gasteiger partial charge in [0, 0.05) is 35.7 Å². The summed E-state index contributed by atoms with van der Waals surface area (Å²) in [5, 5.41) is 14.1. The van der Waals surface area contributed by atoms with Crippen molar-refractivity contribution in [2.24, 2.45) is 0 Å². The number of nitrogens with zero attached hydrogens (tertiary/aromatic N) is 3. The zero-order valence-corrected chi connectivity index (χ0v) is 18.5. The van der Waals surface area contributed by atoms with Gasteiger partial charge in [0.15, 0.2) is 0 Å². The fraction of sp³-hybridized carbons (Fsp3) is 0.261. The third-order valence-electron chi connectivity index (χ3n) is 5.88. The summed E-state index contributed by atoms with van der Waals surface area (Å²) in [5.74, 6) is -0.559. The molecular formula is C23H20ClN5O4. The quantitative estimate of drug-likeness (QED) is 0.556. The van der Waals surface area contributed by atoms with E-state index in [0.29, 0.717) is 36.0 Å². The summed E-state index contributed by atoms with van der Waals surface area (Å²) in [5.41, 5.74) is 4.02. The summed E-state index contributed by atoms with van der Waals surface area (Å²) in [6.07, 6.45) is 0.567. The first kappa shape index (κ1) is 21.1. The molecule has 0 radical (unpaired) electrons. The molecule has 1 atom stereocenters. The molecule has 0 saturated carbocycles. The summed E-state index contributed by atoms with van der Waals surface area (Å²) in [6, 6.07) is 10.7. The number of fused-ring (bicyclic) bond motifs is 1. The van der Waals surface area contributed by atoms with Crippen molar-refractivity contribution in [3.8, 4) is 11.5 Å². The SMILES string of the molecule is Cc1ccc(-c2nnc(NCc3ccc4c(c3)CN(C3CCC(=O)NC3=O)C4=O)o2)cc1Cl. The van der Waals surface area contributed by atoms with E-state index in [4.69, 9.17) is 16.0 Å². The Balaban J connectivity index is 1.26. The zero-order chi connectivity index (χ0) is 23.1. The molecule has 0 spiro atoms. The highest BCUT2D eigenvalue weighted by atomic mass is 35.5. The topological polar surface area (TPSA) is 117 Å². The molecule has 3 heterocycles. The monoisotopic (exact) mass is 465 g/mol. The van der Waals surface area contributed by atoms with Gasteiger partial charge in [-0.3, -0.25) is 19.7 Å². The third-order valence-corrected chi connectivity index (χ3v) is 6.28. The standard InChI is InChI=1S/C23H20ClN5O4/c1-12-2-4-14(9-17(12)24)21-27-28-23(33-21)25-10-13-3-5-16-15(8-13)11-29(22(16)32)18-6-7-19(30)26-20(18)31/h2-5,8-9,18H,6-7,10-11H2,1H3,(H,25,28)(H,26,30,31). The van der Waals surface area contributed by atoms with Crippen molar-refractivity contribution in [3.63, 3.8) is 0 Å². The van der Waals surface area contributed by atoms with Crippen molar-refractivity contribution >= 4 is 35.3 Å². The van der Waals surface area contributed by atoms with E-state index in [9.17, 15) is 14.4 Å². The second-order valence-electron chi connectivity index (χ2n) is 8.12. The van der Waals surface area contributed by atoms with E-state index in [1.165, 1.54) is 4.90 Å². The lowest BCUT2D eigenvalue weighted by Crippen LogP contribution is -2.52. The number of hydrogen-bond acceptors (Lipinski definition) is 7. The Morgan fingerprint density at radius 3 is 2.82 bits per heavy atom. The van der Waals surface area contributed by atoms with Gasteiger partial charge in [0.25, 0.3) is 5.91 Å². The molecule has 2 aromatic carbocycles. The van der Waals surface area contributed by atoms with Crippen LogP contribution in [-0.4, -0.2) is 38.9 Å². The van der Waals surface area contributed by atoms with Crippen LogP contribution in [0.4, 0.5) is 6.01 Å². The summed E-state index contributed by atoms with van der Waals surface area (Å²) in [4.78, 5) is 37.9. The molecule has 1 aromatic heterocycles. The Kier molecular flexibility index (Phi) is 5.33. The zero-order valence-electron chi connectivity index (χ0n) is 17.7. The average Bonchev–Trinajstić information content (AvgIpc) is 3.39. The van der Waals surface area contributed by atoms with E-state index in [1.54, 1.807) is 12.1 Å². The van der Waals surface area contributed by atoms with Gasteiger partial charge in [0.05, 0.1) is 0 Å². The lowest BCUT2D eigenvalue weighted by molar-refractivity contribution is -0.136. The third kappa shape index (κ3) is 4.07. The Hall–Kier alpha value is -3.72. The van der Waals surface area contributed by atoms with Crippen LogP contribution < -0.4 is 10.6 Å². The first-order chi connectivity index (χ1) is 15.9. The van der Waals surface area contributed by atoms with Gasteiger partial charge in [0.2, 0.25) is 17.7 Å². The Morgan fingerprint density at radius 1 is 1.18 bits per heavy atom. The largest absolute Gasteiger partial charge is 0.403 e. The number of piperidine rings is 1. The minimum absolute atomic E-state index is 0.197. The molecule has 2 N–H and O–H groups in total. The number of carbonyl (C=O) groups excluding carboxylic acids is 3. The van der Waals surface area contributed by atoms with Crippen molar-refractivity contribution in [2.45, 2.75) is 38.9 Å². The molecule has 9 nitrogen and oxygen atoms in total. The van der Waals surface area contributed by atoms with Crippen LogP contribution in [0.25, 0.3) is 11.5 Å². The maximum Gasteiger partial charge on any atom is 0.316 e. The number of halogens is 1. The molecule has 1 saturated heterocycles. The van der Waals surface area contributed by atoms with Crippen LogP contribution >= 0.6 is 11.6 Å².